The number of nitriles is 1. The zero-order valence-electron chi connectivity index (χ0n) is 18.9. The van der Waals surface area contributed by atoms with Crippen molar-refractivity contribution in [1.82, 2.24) is 9.88 Å². The van der Waals surface area contributed by atoms with E-state index in [1.165, 1.54) is 0 Å². The van der Waals surface area contributed by atoms with Crippen LogP contribution in [0.5, 0.6) is 0 Å². The Bertz CT molecular complexity index is 1360. The van der Waals surface area contributed by atoms with Gasteiger partial charge in [-0.15, -0.1) is 0 Å². The van der Waals surface area contributed by atoms with Crippen LogP contribution in [-0.2, 0) is 10.2 Å². The number of benzene rings is 2. The van der Waals surface area contributed by atoms with E-state index in [0.717, 1.165) is 72.4 Å². The van der Waals surface area contributed by atoms with Gasteiger partial charge in [-0.25, -0.2) is 0 Å². The molecule has 0 unspecified atom stereocenters. The predicted octanol–water partition coefficient (Wildman–Crippen LogP) is 3.97. The number of amides is 1. The molecule has 2 fully saturated rings. The molecule has 0 radical (unpaired) electrons. The first-order valence-electron chi connectivity index (χ1n) is 11.7. The van der Waals surface area contributed by atoms with Crippen molar-refractivity contribution in [2.75, 3.05) is 31.1 Å². The molecule has 2 aliphatic carbocycles. The van der Waals surface area contributed by atoms with Crippen LogP contribution in [0.15, 0.2) is 36.4 Å². The minimum atomic E-state index is -0.385. The Hall–Kier alpha value is -3.59. The highest BCUT2D eigenvalue weighted by molar-refractivity contribution is 6.20. The monoisotopic (exact) mass is 438 g/mol. The van der Waals surface area contributed by atoms with Crippen LogP contribution in [-0.4, -0.2) is 47.8 Å². The number of aromatic nitrogens is 1. The summed E-state index contributed by atoms with van der Waals surface area (Å²) in [5, 5.41) is 10.1. The molecule has 1 aromatic heterocycles. The summed E-state index contributed by atoms with van der Waals surface area (Å²) in [4.78, 5) is 33.7. The SMILES string of the molecule is CC1(C)c2cc(N3CCN(C(=O)C4CC4)CC3)ccc2C(=O)c2c1[nH]c1cc(C#N)ccc21. The standard InChI is InChI=1S/C27H26N4O2/c1-27(2)21-14-18(30-9-11-31(12-10-30)26(33)17-4-5-17)6-8-19(21)24(32)23-20-7-3-16(15-28)13-22(20)29-25(23)27/h3,6-8,13-14,17,29H,4-5,9-12H2,1-2H3. The number of carbonyl (C=O) groups is 2. The normalized spacial score (nSPS) is 19.2. The zero-order valence-corrected chi connectivity index (χ0v) is 18.9. The summed E-state index contributed by atoms with van der Waals surface area (Å²) in [7, 11) is 0. The zero-order chi connectivity index (χ0) is 22.9. The smallest absolute Gasteiger partial charge is 0.225 e. The number of rotatable bonds is 2. The highest BCUT2D eigenvalue weighted by Crippen LogP contribution is 2.45. The number of fused-ring (bicyclic) bond motifs is 4. The largest absolute Gasteiger partial charge is 0.368 e. The van der Waals surface area contributed by atoms with Crippen molar-refractivity contribution in [2.24, 2.45) is 5.92 Å². The second kappa shape index (κ2) is 6.95. The van der Waals surface area contributed by atoms with E-state index in [0.29, 0.717) is 17.0 Å². The number of anilines is 1. The van der Waals surface area contributed by atoms with E-state index in [1.807, 2.05) is 29.2 Å². The van der Waals surface area contributed by atoms with Crippen LogP contribution < -0.4 is 4.90 Å². The minimum Gasteiger partial charge on any atom is -0.368 e. The number of piperazine rings is 1. The van der Waals surface area contributed by atoms with Crippen LogP contribution in [0.25, 0.3) is 10.9 Å². The van der Waals surface area contributed by atoms with Crippen molar-refractivity contribution in [3.8, 4) is 6.07 Å². The molecule has 33 heavy (non-hydrogen) atoms. The van der Waals surface area contributed by atoms with Gasteiger partial charge in [0, 0.05) is 65.4 Å². The number of nitrogens with one attached hydrogen (secondary N) is 1. The molecule has 6 rings (SSSR count). The first kappa shape index (κ1) is 20.0. The summed E-state index contributed by atoms with van der Waals surface area (Å²) in [5.41, 5.74) is 5.48. The van der Waals surface area contributed by atoms with Gasteiger partial charge in [0.2, 0.25) is 5.91 Å². The second-order valence-electron chi connectivity index (χ2n) is 10.0. The van der Waals surface area contributed by atoms with Gasteiger partial charge in [-0.3, -0.25) is 9.59 Å². The maximum Gasteiger partial charge on any atom is 0.225 e. The van der Waals surface area contributed by atoms with Crippen molar-refractivity contribution in [3.05, 3.63) is 64.3 Å². The fourth-order valence-electron chi connectivity index (χ4n) is 5.46. The molecule has 0 bridgehead atoms. The van der Waals surface area contributed by atoms with E-state index in [4.69, 9.17) is 0 Å². The molecule has 0 atom stereocenters. The summed E-state index contributed by atoms with van der Waals surface area (Å²) in [6, 6.07) is 13.8. The molecule has 3 aromatic rings. The molecule has 1 amide bonds. The number of aromatic amines is 1. The molecule has 1 saturated heterocycles. The first-order chi connectivity index (χ1) is 15.9. The van der Waals surface area contributed by atoms with E-state index in [1.54, 1.807) is 6.07 Å². The quantitative estimate of drug-likeness (QED) is 0.657. The Morgan fingerprint density at radius 3 is 2.55 bits per heavy atom. The van der Waals surface area contributed by atoms with Gasteiger partial charge < -0.3 is 14.8 Å². The van der Waals surface area contributed by atoms with Crippen LogP contribution in [0, 0.1) is 17.2 Å². The van der Waals surface area contributed by atoms with E-state index < -0.39 is 0 Å². The van der Waals surface area contributed by atoms with Crippen molar-refractivity contribution < 1.29 is 9.59 Å². The van der Waals surface area contributed by atoms with Crippen LogP contribution in [0.3, 0.4) is 0 Å². The molecular formula is C27H26N4O2. The lowest BCUT2D eigenvalue weighted by Crippen LogP contribution is -2.49. The third-order valence-electron chi connectivity index (χ3n) is 7.58. The van der Waals surface area contributed by atoms with E-state index in [9.17, 15) is 14.9 Å². The predicted molar refractivity (Wildman–Crippen MR) is 127 cm³/mol. The topological polar surface area (TPSA) is 80.2 Å². The third-order valence-corrected chi connectivity index (χ3v) is 7.58. The van der Waals surface area contributed by atoms with Gasteiger partial charge >= 0.3 is 0 Å². The fraction of sp³-hybridized carbons (Fsp3) is 0.370. The average molecular weight is 439 g/mol. The molecule has 3 aliphatic rings. The molecule has 2 heterocycles. The lowest BCUT2D eigenvalue weighted by Gasteiger charge is -2.38. The van der Waals surface area contributed by atoms with Crippen LogP contribution >= 0.6 is 0 Å². The molecular weight excluding hydrogens is 412 g/mol. The Balaban J connectivity index is 1.35. The maximum absolute atomic E-state index is 13.6. The molecule has 2 aromatic carbocycles. The number of ketones is 1. The Kier molecular flexibility index (Phi) is 4.22. The highest BCUT2D eigenvalue weighted by Gasteiger charge is 2.40. The summed E-state index contributed by atoms with van der Waals surface area (Å²) < 4.78 is 0. The molecule has 6 nitrogen and oxygen atoms in total. The molecule has 6 heteroatoms. The fourth-order valence-corrected chi connectivity index (χ4v) is 5.46. The van der Waals surface area contributed by atoms with Crippen molar-refractivity contribution in [3.63, 3.8) is 0 Å². The molecule has 0 spiro atoms. The Morgan fingerprint density at radius 1 is 1.09 bits per heavy atom. The van der Waals surface area contributed by atoms with Crippen LogP contribution in [0.1, 0.15) is 59.4 Å². The lowest BCUT2D eigenvalue weighted by atomic mass is 9.71. The lowest BCUT2D eigenvalue weighted by molar-refractivity contribution is -0.132. The van der Waals surface area contributed by atoms with E-state index in [2.05, 4.69) is 35.9 Å². The summed E-state index contributed by atoms with van der Waals surface area (Å²) in [5.74, 6) is 0.612. The van der Waals surface area contributed by atoms with Crippen molar-refractivity contribution >= 4 is 28.3 Å². The first-order valence-corrected chi connectivity index (χ1v) is 11.7. The van der Waals surface area contributed by atoms with E-state index in [-0.39, 0.29) is 17.1 Å². The van der Waals surface area contributed by atoms with Gasteiger partial charge in [0.25, 0.3) is 0 Å². The molecule has 1 saturated carbocycles. The number of H-pyrrole nitrogens is 1. The van der Waals surface area contributed by atoms with E-state index >= 15 is 0 Å². The Morgan fingerprint density at radius 2 is 1.85 bits per heavy atom. The van der Waals surface area contributed by atoms with Gasteiger partial charge in [-0.1, -0.05) is 19.9 Å². The van der Waals surface area contributed by atoms with Gasteiger partial charge in [0.15, 0.2) is 5.78 Å². The van der Waals surface area contributed by atoms with Gasteiger partial charge in [-0.05, 0) is 48.7 Å². The molecule has 166 valence electrons. The number of nitrogens with zero attached hydrogens (tertiary/aromatic N) is 3. The third kappa shape index (κ3) is 2.99. The molecule has 1 aliphatic heterocycles. The molecule has 1 N–H and O–H groups in total. The maximum atomic E-state index is 13.6. The van der Waals surface area contributed by atoms with Crippen LogP contribution in [0.2, 0.25) is 0 Å². The highest BCUT2D eigenvalue weighted by atomic mass is 16.2. The van der Waals surface area contributed by atoms with Gasteiger partial charge in [-0.2, -0.15) is 5.26 Å². The van der Waals surface area contributed by atoms with Crippen molar-refractivity contribution in [2.45, 2.75) is 32.1 Å². The second-order valence-corrected chi connectivity index (χ2v) is 10.0. The number of hydrogen-bond acceptors (Lipinski definition) is 4. The minimum absolute atomic E-state index is 0.0293. The number of carbonyl (C=O) groups excluding carboxylic acids is 2. The number of hydrogen-bond donors (Lipinski definition) is 1. The van der Waals surface area contributed by atoms with Crippen LogP contribution in [0.4, 0.5) is 5.69 Å². The van der Waals surface area contributed by atoms with Gasteiger partial charge in [0.1, 0.15) is 0 Å². The summed E-state index contributed by atoms with van der Waals surface area (Å²) in [6.07, 6.45) is 2.08. The summed E-state index contributed by atoms with van der Waals surface area (Å²) in [6.45, 7) is 7.41. The van der Waals surface area contributed by atoms with Gasteiger partial charge in [0.05, 0.1) is 17.2 Å². The average Bonchev–Trinajstić information content (AvgIpc) is 3.61. The van der Waals surface area contributed by atoms with Crippen molar-refractivity contribution in [1.29, 1.82) is 5.26 Å². The Labute approximate surface area is 192 Å². The summed E-state index contributed by atoms with van der Waals surface area (Å²) >= 11 is 0.